The van der Waals surface area contributed by atoms with Crippen molar-refractivity contribution >= 4 is 5.91 Å². The van der Waals surface area contributed by atoms with Crippen molar-refractivity contribution in [1.29, 1.82) is 0 Å². The molecule has 6 heteroatoms. The van der Waals surface area contributed by atoms with E-state index in [1.165, 1.54) is 0 Å². The van der Waals surface area contributed by atoms with Gasteiger partial charge in [-0.1, -0.05) is 0 Å². The molecule has 1 amide bonds. The molecule has 0 radical (unpaired) electrons. The van der Waals surface area contributed by atoms with Crippen molar-refractivity contribution < 1.29 is 14.3 Å². The number of hydrogen-bond acceptors (Lipinski definition) is 5. The summed E-state index contributed by atoms with van der Waals surface area (Å²) in [6.07, 6.45) is 1.69. The van der Waals surface area contributed by atoms with E-state index in [1.54, 1.807) is 0 Å². The van der Waals surface area contributed by atoms with Gasteiger partial charge in [0.15, 0.2) is 0 Å². The Morgan fingerprint density at radius 3 is 3.00 bits per heavy atom. The molecule has 20 heavy (non-hydrogen) atoms. The predicted molar refractivity (Wildman–Crippen MR) is 71.3 cm³/mol. The molecular formula is C14H19N3O3. The Labute approximate surface area is 118 Å². The topological polar surface area (TPSA) is 64.5 Å². The summed E-state index contributed by atoms with van der Waals surface area (Å²) in [5.41, 5.74) is 0.863. The molecule has 3 rings (SSSR count). The minimum Gasteiger partial charge on any atom is -0.471 e. The maximum absolute atomic E-state index is 12.3. The Balaban J connectivity index is 1.54. The van der Waals surface area contributed by atoms with Crippen molar-refractivity contribution in [3.8, 4) is 5.88 Å². The zero-order valence-corrected chi connectivity index (χ0v) is 11.6. The maximum Gasteiger partial charge on any atom is 0.233 e. The van der Waals surface area contributed by atoms with E-state index in [0.29, 0.717) is 25.6 Å². The number of nitrogens with zero attached hydrogens (tertiary/aromatic N) is 3. The standard InChI is InChI=1S/C14H19N3O3/c1-10-2-3-13(16-15-10)20-12-4-6-17(8-12)14(18)11-5-7-19-9-11/h2-3,11-12H,4-9H2,1H3/t11-,12+/m0/s1. The van der Waals surface area contributed by atoms with Crippen LogP contribution in [-0.2, 0) is 9.53 Å². The van der Waals surface area contributed by atoms with Gasteiger partial charge in [0, 0.05) is 25.6 Å². The smallest absolute Gasteiger partial charge is 0.233 e. The number of rotatable bonds is 3. The molecule has 0 saturated carbocycles. The van der Waals surface area contributed by atoms with Gasteiger partial charge in [-0.25, -0.2) is 0 Å². The molecule has 0 unspecified atom stereocenters. The highest BCUT2D eigenvalue weighted by Gasteiger charge is 2.33. The number of aromatic nitrogens is 2. The van der Waals surface area contributed by atoms with Crippen LogP contribution in [-0.4, -0.2) is 53.4 Å². The van der Waals surface area contributed by atoms with Crippen LogP contribution in [0.2, 0.25) is 0 Å². The van der Waals surface area contributed by atoms with Gasteiger partial charge in [-0.05, 0) is 19.4 Å². The number of hydrogen-bond donors (Lipinski definition) is 0. The number of amides is 1. The molecule has 2 aliphatic heterocycles. The van der Waals surface area contributed by atoms with Crippen LogP contribution in [0.4, 0.5) is 0 Å². The lowest BCUT2D eigenvalue weighted by molar-refractivity contribution is -0.134. The quantitative estimate of drug-likeness (QED) is 0.817. The molecule has 6 nitrogen and oxygen atoms in total. The lowest BCUT2D eigenvalue weighted by atomic mass is 10.1. The molecule has 108 valence electrons. The minimum atomic E-state index is 0.0123. The molecule has 0 bridgehead atoms. The zero-order chi connectivity index (χ0) is 13.9. The Hall–Kier alpha value is -1.69. The molecule has 0 aromatic carbocycles. The predicted octanol–water partition coefficient (Wildman–Crippen LogP) is 0.801. The third kappa shape index (κ3) is 2.90. The second-order valence-corrected chi connectivity index (χ2v) is 5.39. The first-order valence-electron chi connectivity index (χ1n) is 7.06. The first-order valence-corrected chi connectivity index (χ1v) is 7.06. The molecular weight excluding hydrogens is 258 g/mol. The van der Waals surface area contributed by atoms with E-state index in [2.05, 4.69) is 10.2 Å². The van der Waals surface area contributed by atoms with Crippen LogP contribution in [0.3, 0.4) is 0 Å². The first-order chi connectivity index (χ1) is 9.72. The number of likely N-dealkylation sites (tertiary alicyclic amines) is 1. The van der Waals surface area contributed by atoms with Gasteiger partial charge in [0.25, 0.3) is 0 Å². The second-order valence-electron chi connectivity index (χ2n) is 5.39. The lowest BCUT2D eigenvalue weighted by Gasteiger charge is -2.19. The second kappa shape index (κ2) is 5.75. The monoisotopic (exact) mass is 277 g/mol. The normalized spacial score (nSPS) is 25.9. The lowest BCUT2D eigenvalue weighted by Crippen LogP contribution is -2.36. The summed E-state index contributed by atoms with van der Waals surface area (Å²) in [5, 5.41) is 7.96. The van der Waals surface area contributed by atoms with Gasteiger partial charge in [-0.2, -0.15) is 5.10 Å². The van der Waals surface area contributed by atoms with E-state index >= 15 is 0 Å². The molecule has 0 aliphatic carbocycles. The Morgan fingerprint density at radius 1 is 1.40 bits per heavy atom. The fourth-order valence-corrected chi connectivity index (χ4v) is 2.63. The average molecular weight is 277 g/mol. The van der Waals surface area contributed by atoms with Gasteiger partial charge in [-0.15, -0.1) is 5.10 Å². The summed E-state index contributed by atoms with van der Waals surface area (Å²) < 4.78 is 11.0. The molecule has 0 N–H and O–H groups in total. The van der Waals surface area contributed by atoms with E-state index in [4.69, 9.17) is 9.47 Å². The van der Waals surface area contributed by atoms with E-state index in [0.717, 1.165) is 25.1 Å². The Kier molecular flexibility index (Phi) is 3.82. The van der Waals surface area contributed by atoms with E-state index < -0.39 is 0 Å². The summed E-state index contributed by atoms with van der Waals surface area (Å²) in [5.74, 6) is 0.760. The molecule has 3 heterocycles. The van der Waals surface area contributed by atoms with Crippen LogP contribution in [0, 0.1) is 12.8 Å². The summed E-state index contributed by atoms with van der Waals surface area (Å²) in [4.78, 5) is 14.1. The van der Waals surface area contributed by atoms with Crippen LogP contribution in [0.1, 0.15) is 18.5 Å². The van der Waals surface area contributed by atoms with E-state index in [9.17, 15) is 4.79 Å². The van der Waals surface area contributed by atoms with Crippen molar-refractivity contribution in [2.24, 2.45) is 5.92 Å². The third-order valence-electron chi connectivity index (χ3n) is 3.80. The van der Waals surface area contributed by atoms with Crippen molar-refractivity contribution in [1.82, 2.24) is 15.1 Å². The Morgan fingerprint density at radius 2 is 2.30 bits per heavy atom. The fraction of sp³-hybridized carbons (Fsp3) is 0.643. The van der Waals surface area contributed by atoms with Crippen LogP contribution < -0.4 is 4.74 Å². The van der Waals surface area contributed by atoms with Crippen molar-refractivity contribution in [3.63, 3.8) is 0 Å². The number of ether oxygens (including phenoxy) is 2. The highest BCUT2D eigenvalue weighted by atomic mass is 16.5. The summed E-state index contributed by atoms with van der Waals surface area (Å²) >= 11 is 0. The van der Waals surface area contributed by atoms with Crippen LogP contribution in [0.5, 0.6) is 5.88 Å². The van der Waals surface area contributed by atoms with Gasteiger partial charge >= 0.3 is 0 Å². The maximum atomic E-state index is 12.3. The number of carbonyl (C=O) groups excluding carboxylic acids is 1. The van der Waals surface area contributed by atoms with Gasteiger partial charge < -0.3 is 14.4 Å². The molecule has 0 spiro atoms. The van der Waals surface area contributed by atoms with Gasteiger partial charge in [-0.3, -0.25) is 4.79 Å². The van der Waals surface area contributed by atoms with Crippen LogP contribution >= 0.6 is 0 Å². The van der Waals surface area contributed by atoms with Crippen LogP contribution in [0.15, 0.2) is 12.1 Å². The SMILES string of the molecule is Cc1ccc(O[C@@H]2CCN(C(=O)[C@H]3CCOC3)C2)nn1. The summed E-state index contributed by atoms with van der Waals surface area (Å²) in [7, 11) is 0. The van der Waals surface area contributed by atoms with E-state index in [1.807, 2.05) is 24.0 Å². The van der Waals surface area contributed by atoms with Gasteiger partial charge in [0.05, 0.1) is 24.8 Å². The first kappa shape index (κ1) is 13.3. The number of aryl methyl sites for hydroxylation is 1. The molecule has 2 saturated heterocycles. The van der Waals surface area contributed by atoms with Crippen LogP contribution in [0.25, 0.3) is 0 Å². The van der Waals surface area contributed by atoms with Gasteiger partial charge in [0.2, 0.25) is 11.8 Å². The molecule has 2 aliphatic rings. The average Bonchev–Trinajstić information content (AvgIpc) is 3.12. The van der Waals surface area contributed by atoms with E-state index in [-0.39, 0.29) is 17.9 Å². The molecule has 2 atom stereocenters. The fourth-order valence-electron chi connectivity index (χ4n) is 2.63. The van der Waals surface area contributed by atoms with Crippen molar-refractivity contribution in [2.75, 3.05) is 26.3 Å². The number of carbonyl (C=O) groups is 1. The van der Waals surface area contributed by atoms with Crippen molar-refractivity contribution in [2.45, 2.75) is 25.9 Å². The van der Waals surface area contributed by atoms with Crippen molar-refractivity contribution in [3.05, 3.63) is 17.8 Å². The summed E-state index contributed by atoms with van der Waals surface area (Å²) in [6.45, 7) is 4.52. The molecule has 1 aromatic rings. The minimum absolute atomic E-state index is 0.0123. The Bertz CT molecular complexity index is 471. The highest BCUT2D eigenvalue weighted by Crippen LogP contribution is 2.21. The van der Waals surface area contributed by atoms with Gasteiger partial charge in [0.1, 0.15) is 6.10 Å². The highest BCUT2D eigenvalue weighted by molar-refractivity contribution is 5.79. The molecule has 2 fully saturated rings. The summed E-state index contributed by atoms with van der Waals surface area (Å²) in [6, 6.07) is 3.69. The molecule has 1 aromatic heterocycles. The largest absolute Gasteiger partial charge is 0.471 e. The third-order valence-corrected chi connectivity index (χ3v) is 3.80. The zero-order valence-electron chi connectivity index (χ0n) is 11.6.